The maximum absolute atomic E-state index is 13.9. The lowest BCUT2D eigenvalue weighted by Gasteiger charge is -2.24. The molecule has 0 fully saturated rings. The van der Waals surface area contributed by atoms with Gasteiger partial charge in [0.15, 0.2) is 0 Å². The number of pyridine rings is 1. The van der Waals surface area contributed by atoms with Crippen LogP contribution in [0.25, 0.3) is 22.0 Å². The minimum atomic E-state index is -0.981. The van der Waals surface area contributed by atoms with Gasteiger partial charge in [0.25, 0.3) is 0 Å². The van der Waals surface area contributed by atoms with Crippen molar-refractivity contribution in [2.45, 2.75) is 90.8 Å². The van der Waals surface area contributed by atoms with Crippen molar-refractivity contribution >= 4 is 40.6 Å². The van der Waals surface area contributed by atoms with E-state index in [4.69, 9.17) is 9.47 Å². The number of carbonyl (C=O) groups excluding carboxylic acids is 4. The van der Waals surface area contributed by atoms with Crippen LogP contribution in [0.15, 0.2) is 77.6 Å². The van der Waals surface area contributed by atoms with Crippen LogP contribution in [0, 0.1) is 12.8 Å². The number of carbonyl (C=O) groups is 4. The third-order valence-corrected chi connectivity index (χ3v) is 9.20. The van der Waals surface area contributed by atoms with E-state index in [1.807, 2.05) is 63.2 Å². The molecule has 1 aromatic heterocycles. The number of anilines is 1. The fourth-order valence-electron chi connectivity index (χ4n) is 6.75. The number of amides is 4. The summed E-state index contributed by atoms with van der Waals surface area (Å²) in [6.45, 7) is 11.5. The number of hydrogen-bond acceptors (Lipinski definition) is 7. The second-order valence-corrected chi connectivity index (χ2v) is 15.2. The van der Waals surface area contributed by atoms with Gasteiger partial charge >= 0.3 is 12.2 Å². The van der Waals surface area contributed by atoms with Crippen LogP contribution < -0.4 is 26.8 Å². The molecule has 4 aromatic rings. The van der Waals surface area contributed by atoms with Gasteiger partial charge in [-0.05, 0) is 99.2 Å². The SMILES string of the molecule is Cc1cc(=O)[nH]c2cc(NC(=O)[C@H](CCCCNC(=O)OC(C)(C)C)NC(=O)C(CC(C)C)NC(=O)OCC3c4ccccc4-c4ccccc43)ccc12. The van der Waals surface area contributed by atoms with Crippen molar-refractivity contribution in [1.29, 1.82) is 0 Å². The van der Waals surface area contributed by atoms with Crippen molar-refractivity contribution in [2.24, 2.45) is 5.92 Å². The summed E-state index contributed by atoms with van der Waals surface area (Å²) in [5.41, 5.74) is 5.29. The Labute approximate surface area is 315 Å². The van der Waals surface area contributed by atoms with Crippen LogP contribution in [0.2, 0.25) is 0 Å². The predicted molar refractivity (Wildman–Crippen MR) is 209 cm³/mol. The topological polar surface area (TPSA) is 168 Å². The van der Waals surface area contributed by atoms with Crippen molar-refractivity contribution in [3.63, 3.8) is 0 Å². The van der Waals surface area contributed by atoms with E-state index in [1.165, 1.54) is 6.07 Å². The molecule has 0 saturated carbocycles. The van der Waals surface area contributed by atoms with E-state index in [9.17, 15) is 24.0 Å². The summed E-state index contributed by atoms with van der Waals surface area (Å²) in [5.74, 6) is -1.11. The second kappa shape index (κ2) is 17.5. The lowest BCUT2D eigenvalue weighted by molar-refractivity contribution is -0.128. The number of ether oxygens (including phenoxy) is 2. The molecule has 0 radical (unpaired) electrons. The Morgan fingerprint density at radius 1 is 0.815 bits per heavy atom. The summed E-state index contributed by atoms with van der Waals surface area (Å²) in [4.78, 5) is 67.9. The van der Waals surface area contributed by atoms with Crippen molar-refractivity contribution < 1.29 is 28.7 Å². The number of aryl methyl sites for hydroxylation is 1. The molecule has 12 nitrogen and oxygen atoms in total. The highest BCUT2D eigenvalue weighted by Crippen LogP contribution is 2.44. The highest BCUT2D eigenvalue weighted by molar-refractivity contribution is 5.99. The first-order valence-corrected chi connectivity index (χ1v) is 18.5. The van der Waals surface area contributed by atoms with E-state index in [0.29, 0.717) is 37.0 Å². The van der Waals surface area contributed by atoms with E-state index in [2.05, 4.69) is 38.4 Å². The Morgan fingerprint density at radius 3 is 2.13 bits per heavy atom. The van der Waals surface area contributed by atoms with E-state index in [-0.39, 0.29) is 30.4 Å². The number of aromatic amines is 1. The largest absolute Gasteiger partial charge is 0.449 e. The Morgan fingerprint density at radius 2 is 1.48 bits per heavy atom. The monoisotopic (exact) mass is 737 g/mol. The first-order valence-electron chi connectivity index (χ1n) is 18.5. The van der Waals surface area contributed by atoms with Crippen molar-refractivity contribution in [3.8, 4) is 11.1 Å². The van der Waals surface area contributed by atoms with Crippen molar-refractivity contribution in [2.75, 3.05) is 18.5 Å². The second-order valence-electron chi connectivity index (χ2n) is 15.2. The van der Waals surface area contributed by atoms with Crippen LogP contribution >= 0.6 is 0 Å². The summed E-state index contributed by atoms with van der Waals surface area (Å²) in [7, 11) is 0. The number of aromatic nitrogens is 1. The Bertz CT molecular complexity index is 2010. The molecule has 0 spiro atoms. The Kier molecular flexibility index (Phi) is 12.8. The van der Waals surface area contributed by atoms with Crippen LogP contribution in [0.5, 0.6) is 0 Å². The van der Waals surface area contributed by atoms with Crippen molar-refractivity contribution in [1.82, 2.24) is 20.9 Å². The van der Waals surface area contributed by atoms with Gasteiger partial charge in [0.05, 0.1) is 5.52 Å². The molecule has 12 heteroatoms. The lowest BCUT2D eigenvalue weighted by Crippen LogP contribution is -2.53. The van der Waals surface area contributed by atoms with Crippen LogP contribution in [0.4, 0.5) is 15.3 Å². The minimum Gasteiger partial charge on any atom is -0.449 e. The zero-order chi connectivity index (χ0) is 39.0. The molecule has 0 saturated heterocycles. The Hall–Kier alpha value is -5.65. The first kappa shape index (κ1) is 39.6. The van der Waals surface area contributed by atoms with Gasteiger partial charge in [-0.15, -0.1) is 0 Å². The first-order chi connectivity index (χ1) is 25.7. The van der Waals surface area contributed by atoms with E-state index in [0.717, 1.165) is 33.2 Å². The Balaban J connectivity index is 1.26. The number of rotatable bonds is 14. The highest BCUT2D eigenvalue weighted by atomic mass is 16.6. The zero-order valence-electron chi connectivity index (χ0n) is 31.8. The van der Waals surface area contributed by atoms with Crippen LogP contribution in [0.3, 0.4) is 0 Å². The maximum atomic E-state index is 13.9. The van der Waals surface area contributed by atoms with Crippen molar-refractivity contribution in [3.05, 3.63) is 99.8 Å². The maximum Gasteiger partial charge on any atom is 0.407 e. The standard InChI is InChI=1S/C42H51N5O7/c1-25(2)21-36(47-41(52)53-24-33-31-15-9-7-13-29(31)30-14-8-10-16-32(30)33)39(50)46-34(17-11-12-20-43-40(51)54-42(4,5)6)38(49)44-27-18-19-28-26(3)22-37(48)45-35(28)23-27/h7-10,13-16,18-19,22-23,25,33-34,36H,11-12,17,20-21,24H2,1-6H3,(H,43,51)(H,44,49)(H,45,48)(H,46,50)(H,47,52)/t34-,36?/m0/s1. The number of alkyl carbamates (subject to hydrolysis) is 2. The van der Waals surface area contributed by atoms with Gasteiger partial charge < -0.3 is 35.7 Å². The fraction of sp³-hybridized carbons (Fsp3) is 0.405. The summed E-state index contributed by atoms with van der Waals surface area (Å²) < 4.78 is 11.0. The molecule has 1 aliphatic carbocycles. The van der Waals surface area contributed by atoms with Gasteiger partial charge in [-0.1, -0.05) is 68.4 Å². The number of H-pyrrole nitrogens is 1. The molecule has 5 rings (SSSR count). The van der Waals surface area contributed by atoms with E-state index < -0.39 is 41.7 Å². The molecule has 0 aliphatic heterocycles. The smallest absolute Gasteiger partial charge is 0.407 e. The van der Waals surface area contributed by atoms with Crippen LogP contribution in [0.1, 0.15) is 82.9 Å². The number of benzene rings is 3. The molecule has 0 bridgehead atoms. The van der Waals surface area contributed by atoms with Gasteiger partial charge in [-0.25, -0.2) is 9.59 Å². The third kappa shape index (κ3) is 10.5. The van der Waals surface area contributed by atoms with E-state index in [1.54, 1.807) is 32.9 Å². The minimum absolute atomic E-state index is 0.0315. The molecule has 54 heavy (non-hydrogen) atoms. The molecule has 2 atom stereocenters. The molecule has 5 N–H and O–H groups in total. The molecule has 1 unspecified atom stereocenters. The van der Waals surface area contributed by atoms with Gasteiger partial charge in [0.1, 0.15) is 24.3 Å². The number of nitrogens with one attached hydrogen (secondary N) is 5. The molecular formula is C42H51N5O7. The predicted octanol–water partition coefficient (Wildman–Crippen LogP) is 6.91. The summed E-state index contributed by atoms with van der Waals surface area (Å²) in [6.07, 6.45) is 0.284. The quantitative estimate of drug-likeness (QED) is 0.0877. The van der Waals surface area contributed by atoms with Crippen LogP contribution in [-0.4, -0.2) is 59.8 Å². The van der Waals surface area contributed by atoms with E-state index >= 15 is 0 Å². The van der Waals surface area contributed by atoms with Crippen LogP contribution in [-0.2, 0) is 19.1 Å². The molecule has 3 aromatic carbocycles. The third-order valence-electron chi connectivity index (χ3n) is 9.20. The number of unbranched alkanes of at least 4 members (excludes halogenated alkanes) is 1. The molecule has 1 heterocycles. The van der Waals surface area contributed by atoms with Gasteiger partial charge in [-0.2, -0.15) is 0 Å². The average molecular weight is 738 g/mol. The molecular weight excluding hydrogens is 686 g/mol. The fourth-order valence-corrected chi connectivity index (χ4v) is 6.75. The van der Waals surface area contributed by atoms with Gasteiger partial charge in [0, 0.05) is 29.6 Å². The highest BCUT2D eigenvalue weighted by Gasteiger charge is 2.31. The summed E-state index contributed by atoms with van der Waals surface area (Å²) in [5, 5.41) is 12.0. The zero-order valence-corrected chi connectivity index (χ0v) is 31.8. The summed E-state index contributed by atoms with van der Waals surface area (Å²) >= 11 is 0. The lowest BCUT2D eigenvalue weighted by atomic mass is 9.98. The number of hydrogen-bond donors (Lipinski definition) is 5. The average Bonchev–Trinajstić information content (AvgIpc) is 3.42. The van der Waals surface area contributed by atoms with Gasteiger partial charge in [-0.3, -0.25) is 14.4 Å². The van der Waals surface area contributed by atoms with Gasteiger partial charge in [0.2, 0.25) is 17.4 Å². The molecule has 4 amide bonds. The molecule has 1 aliphatic rings. The summed E-state index contributed by atoms with van der Waals surface area (Å²) in [6, 6.07) is 20.9. The number of fused-ring (bicyclic) bond motifs is 4. The normalized spacial score (nSPS) is 13.4. The molecule has 286 valence electrons.